The lowest BCUT2D eigenvalue weighted by molar-refractivity contribution is -0.145. The Morgan fingerprint density at radius 2 is 2.19 bits per heavy atom. The number of aromatic nitrogens is 1. The first kappa shape index (κ1) is 18.4. The molecule has 2 heterocycles. The van der Waals surface area contributed by atoms with Crippen molar-refractivity contribution in [2.45, 2.75) is 6.92 Å². The SMILES string of the molecule is CN=C(NCCNc1nc2ccccc2s1)N1CC(C)C(C(=O)OC)C1. The molecule has 8 heteroatoms. The molecule has 140 valence electrons. The van der Waals surface area contributed by atoms with E-state index in [4.69, 9.17) is 4.74 Å². The van der Waals surface area contributed by atoms with Crippen molar-refractivity contribution in [2.24, 2.45) is 16.8 Å². The molecule has 2 N–H and O–H groups in total. The topological polar surface area (TPSA) is 78.9 Å². The van der Waals surface area contributed by atoms with Crippen LogP contribution >= 0.6 is 11.3 Å². The zero-order valence-corrected chi connectivity index (χ0v) is 16.2. The molecule has 0 bridgehead atoms. The van der Waals surface area contributed by atoms with Crippen LogP contribution in [-0.4, -0.2) is 62.1 Å². The van der Waals surface area contributed by atoms with E-state index in [2.05, 4.69) is 38.5 Å². The van der Waals surface area contributed by atoms with Crippen LogP contribution in [0.3, 0.4) is 0 Å². The number of carbonyl (C=O) groups excluding carboxylic acids is 1. The van der Waals surface area contributed by atoms with Crippen LogP contribution in [0.4, 0.5) is 5.13 Å². The van der Waals surface area contributed by atoms with E-state index in [0.717, 1.165) is 36.2 Å². The second kappa shape index (κ2) is 8.35. The van der Waals surface area contributed by atoms with Crippen LogP contribution in [0.1, 0.15) is 6.92 Å². The number of nitrogens with zero attached hydrogens (tertiary/aromatic N) is 3. The number of fused-ring (bicyclic) bond motifs is 1. The summed E-state index contributed by atoms with van der Waals surface area (Å²) in [6, 6.07) is 8.11. The number of rotatable bonds is 5. The van der Waals surface area contributed by atoms with E-state index >= 15 is 0 Å². The third kappa shape index (κ3) is 4.07. The molecular formula is C18H25N5O2S. The van der Waals surface area contributed by atoms with E-state index in [1.54, 1.807) is 18.4 Å². The summed E-state index contributed by atoms with van der Waals surface area (Å²) < 4.78 is 6.08. The van der Waals surface area contributed by atoms with Gasteiger partial charge >= 0.3 is 5.97 Å². The number of carbonyl (C=O) groups is 1. The summed E-state index contributed by atoms with van der Waals surface area (Å²) in [5, 5.41) is 7.62. The van der Waals surface area contributed by atoms with Gasteiger partial charge in [0.05, 0.1) is 23.2 Å². The number of benzene rings is 1. The standard InChI is InChI=1S/C18H25N5O2S/c1-12-10-23(11-13(12)16(24)25-3)17(19-2)20-8-9-21-18-22-14-6-4-5-7-15(14)26-18/h4-7,12-13H,8-11H2,1-3H3,(H,19,20)(H,21,22). The van der Waals surface area contributed by atoms with Gasteiger partial charge in [-0.05, 0) is 18.1 Å². The maximum absolute atomic E-state index is 11.8. The number of para-hydroxylation sites is 1. The molecule has 7 nitrogen and oxygen atoms in total. The third-order valence-corrected chi connectivity index (χ3v) is 5.60. The highest BCUT2D eigenvalue weighted by Crippen LogP contribution is 2.25. The average molecular weight is 375 g/mol. The van der Waals surface area contributed by atoms with Crippen LogP contribution in [0.25, 0.3) is 10.2 Å². The molecule has 2 atom stereocenters. The highest BCUT2D eigenvalue weighted by atomic mass is 32.1. The summed E-state index contributed by atoms with van der Waals surface area (Å²) in [7, 11) is 3.21. The van der Waals surface area contributed by atoms with Gasteiger partial charge < -0.3 is 20.3 Å². The van der Waals surface area contributed by atoms with Gasteiger partial charge in [0, 0.05) is 33.2 Å². The third-order valence-electron chi connectivity index (χ3n) is 4.61. The number of esters is 1. The van der Waals surface area contributed by atoms with E-state index in [9.17, 15) is 4.79 Å². The number of hydrogen-bond acceptors (Lipinski definition) is 6. The molecule has 2 unspecified atom stereocenters. The van der Waals surface area contributed by atoms with Crippen molar-refractivity contribution in [3.63, 3.8) is 0 Å². The highest BCUT2D eigenvalue weighted by Gasteiger charge is 2.36. The van der Waals surface area contributed by atoms with Crippen LogP contribution in [0.5, 0.6) is 0 Å². The Morgan fingerprint density at radius 3 is 2.92 bits per heavy atom. The Kier molecular flexibility index (Phi) is 5.92. The molecule has 2 aromatic rings. The number of guanidine groups is 1. The molecule has 1 aromatic carbocycles. The number of thiazole rings is 1. The Bertz CT molecular complexity index is 758. The minimum Gasteiger partial charge on any atom is -0.469 e. The van der Waals surface area contributed by atoms with Crippen LogP contribution < -0.4 is 10.6 Å². The molecule has 1 fully saturated rings. The fourth-order valence-corrected chi connectivity index (χ4v) is 4.11. The summed E-state index contributed by atoms with van der Waals surface area (Å²) in [5.74, 6) is 0.823. The molecule has 0 saturated carbocycles. The van der Waals surface area contributed by atoms with Gasteiger partial charge in [-0.2, -0.15) is 0 Å². The Morgan fingerprint density at radius 1 is 1.38 bits per heavy atom. The molecule has 1 aromatic heterocycles. The van der Waals surface area contributed by atoms with Crippen molar-refractivity contribution in [3.8, 4) is 0 Å². The number of aliphatic imine (C=N–C) groups is 1. The average Bonchev–Trinajstić information content (AvgIpc) is 3.24. The van der Waals surface area contributed by atoms with Crippen LogP contribution in [-0.2, 0) is 9.53 Å². The van der Waals surface area contributed by atoms with Crippen molar-refractivity contribution in [1.29, 1.82) is 0 Å². The molecule has 3 rings (SSSR count). The Labute approximate surface area is 157 Å². The minimum atomic E-state index is -0.145. The largest absolute Gasteiger partial charge is 0.469 e. The lowest BCUT2D eigenvalue weighted by atomic mass is 9.99. The molecule has 0 aliphatic carbocycles. The lowest BCUT2D eigenvalue weighted by Gasteiger charge is -2.21. The summed E-state index contributed by atoms with van der Waals surface area (Å²) >= 11 is 1.65. The molecule has 1 aliphatic heterocycles. The second-order valence-electron chi connectivity index (χ2n) is 6.40. The number of methoxy groups -OCH3 is 1. The van der Waals surface area contributed by atoms with E-state index in [1.165, 1.54) is 11.8 Å². The minimum absolute atomic E-state index is 0.0978. The first-order chi connectivity index (χ1) is 12.6. The van der Waals surface area contributed by atoms with E-state index in [0.29, 0.717) is 6.54 Å². The predicted molar refractivity (Wildman–Crippen MR) is 106 cm³/mol. The van der Waals surface area contributed by atoms with Gasteiger partial charge in [-0.15, -0.1) is 0 Å². The summed E-state index contributed by atoms with van der Waals surface area (Å²) in [6.07, 6.45) is 0. The van der Waals surface area contributed by atoms with E-state index in [-0.39, 0.29) is 17.8 Å². The first-order valence-corrected chi connectivity index (χ1v) is 9.57. The van der Waals surface area contributed by atoms with Crippen molar-refractivity contribution in [3.05, 3.63) is 24.3 Å². The molecule has 1 saturated heterocycles. The maximum Gasteiger partial charge on any atom is 0.310 e. The Balaban J connectivity index is 1.48. The van der Waals surface area contributed by atoms with Gasteiger partial charge in [0.25, 0.3) is 0 Å². The van der Waals surface area contributed by atoms with Gasteiger partial charge in [-0.1, -0.05) is 30.4 Å². The maximum atomic E-state index is 11.8. The Hall–Kier alpha value is -2.35. The highest BCUT2D eigenvalue weighted by molar-refractivity contribution is 7.22. The van der Waals surface area contributed by atoms with Crippen molar-refractivity contribution < 1.29 is 9.53 Å². The molecular weight excluding hydrogens is 350 g/mol. The van der Waals surface area contributed by atoms with Crippen LogP contribution in [0.2, 0.25) is 0 Å². The molecule has 0 amide bonds. The summed E-state index contributed by atoms with van der Waals surface area (Å²) in [4.78, 5) is 22.9. The number of nitrogens with one attached hydrogen (secondary N) is 2. The molecule has 0 radical (unpaired) electrons. The summed E-state index contributed by atoms with van der Waals surface area (Å²) in [6.45, 7) is 4.96. The van der Waals surface area contributed by atoms with Crippen molar-refractivity contribution >= 4 is 38.6 Å². The molecule has 26 heavy (non-hydrogen) atoms. The predicted octanol–water partition coefficient (Wildman–Crippen LogP) is 2.02. The fourth-order valence-electron chi connectivity index (χ4n) is 3.22. The van der Waals surface area contributed by atoms with Gasteiger partial charge in [0.1, 0.15) is 0 Å². The first-order valence-electron chi connectivity index (χ1n) is 8.75. The van der Waals surface area contributed by atoms with Crippen molar-refractivity contribution in [2.75, 3.05) is 45.7 Å². The van der Waals surface area contributed by atoms with Gasteiger partial charge in [0.15, 0.2) is 11.1 Å². The van der Waals surface area contributed by atoms with E-state index in [1.807, 2.05) is 18.2 Å². The quantitative estimate of drug-likeness (QED) is 0.360. The fraction of sp³-hybridized carbons (Fsp3) is 0.500. The smallest absolute Gasteiger partial charge is 0.310 e. The zero-order chi connectivity index (χ0) is 18.5. The second-order valence-corrected chi connectivity index (χ2v) is 7.43. The number of anilines is 1. The van der Waals surface area contributed by atoms with Gasteiger partial charge in [-0.25, -0.2) is 4.98 Å². The normalized spacial score (nSPS) is 20.4. The lowest BCUT2D eigenvalue weighted by Crippen LogP contribution is -2.42. The van der Waals surface area contributed by atoms with Gasteiger partial charge in [0.2, 0.25) is 0 Å². The van der Waals surface area contributed by atoms with Crippen LogP contribution in [0, 0.1) is 11.8 Å². The van der Waals surface area contributed by atoms with Crippen LogP contribution in [0.15, 0.2) is 29.3 Å². The number of likely N-dealkylation sites (tertiary alicyclic amines) is 1. The molecule has 1 aliphatic rings. The van der Waals surface area contributed by atoms with Gasteiger partial charge in [-0.3, -0.25) is 9.79 Å². The number of hydrogen-bond donors (Lipinski definition) is 2. The monoisotopic (exact) mass is 375 g/mol. The summed E-state index contributed by atoms with van der Waals surface area (Å²) in [5.41, 5.74) is 1.02. The van der Waals surface area contributed by atoms with Crippen molar-refractivity contribution in [1.82, 2.24) is 15.2 Å². The zero-order valence-electron chi connectivity index (χ0n) is 15.4. The molecule has 0 spiro atoms. The number of ether oxygens (including phenoxy) is 1. The van der Waals surface area contributed by atoms with E-state index < -0.39 is 0 Å².